The van der Waals surface area contributed by atoms with Crippen molar-refractivity contribution in [1.29, 1.82) is 0 Å². The summed E-state index contributed by atoms with van der Waals surface area (Å²) in [7, 11) is 0. The molecule has 0 heterocycles. The minimum Gasteiger partial charge on any atom is -0.294 e. The lowest BCUT2D eigenvalue weighted by molar-refractivity contribution is 0.0952. The first-order valence-electron chi connectivity index (χ1n) is 4.59. The molecule has 0 radical (unpaired) electrons. The Hall–Kier alpha value is -0.890. The number of benzene rings is 1. The van der Waals surface area contributed by atoms with Crippen molar-refractivity contribution in [2.45, 2.75) is 19.8 Å². The Balaban J connectivity index is 2.59. The fourth-order valence-corrected chi connectivity index (χ4v) is 2.08. The average Bonchev–Trinajstić information content (AvgIpc) is 2.12. The fraction of sp³-hybridized carbons (Fsp3) is 0.364. The number of hydrogen-bond donors (Lipinski definition) is 0. The van der Waals surface area contributed by atoms with Gasteiger partial charge in [0.25, 0.3) is 0 Å². The van der Waals surface area contributed by atoms with Crippen LogP contribution in [0.25, 0.3) is 0 Å². The highest BCUT2D eigenvalue weighted by Crippen LogP contribution is 2.30. The number of carbonyl (C=O) groups is 1. The van der Waals surface area contributed by atoms with Crippen molar-refractivity contribution in [3.05, 3.63) is 34.1 Å². The third-order valence-corrected chi connectivity index (χ3v) is 2.87. The zero-order valence-electron chi connectivity index (χ0n) is 7.81. The Morgan fingerprint density at radius 3 is 2.86 bits per heavy atom. The van der Waals surface area contributed by atoms with Crippen molar-refractivity contribution >= 4 is 17.4 Å². The van der Waals surface area contributed by atoms with E-state index >= 15 is 0 Å². The van der Waals surface area contributed by atoms with Gasteiger partial charge in [-0.05, 0) is 24.5 Å². The maximum atomic E-state index is 13.5. The molecule has 1 unspecified atom stereocenters. The van der Waals surface area contributed by atoms with Crippen LogP contribution in [0.4, 0.5) is 4.39 Å². The van der Waals surface area contributed by atoms with Gasteiger partial charge in [0.1, 0.15) is 5.82 Å². The standard InChI is InChI=1S/C11H10ClFO/c1-6-4-8-7(10(14)5-6)2-3-9(12)11(8)13/h2-3,6H,4-5H2,1H3. The van der Waals surface area contributed by atoms with E-state index in [4.69, 9.17) is 11.6 Å². The molecule has 0 amide bonds. The van der Waals surface area contributed by atoms with E-state index < -0.39 is 5.82 Å². The SMILES string of the molecule is CC1CC(=O)c2ccc(Cl)c(F)c2C1. The van der Waals surface area contributed by atoms with E-state index in [1.807, 2.05) is 6.92 Å². The highest BCUT2D eigenvalue weighted by Gasteiger charge is 2.25. The molecule has 1 nitrogen and oxygen atoms in total. The zero-order chi connectivity index (χ0) is 10.3. The van der Waals surface area contributed by atoms with Crippen molar-refractivity contribution in [1.82, 2.24) is 0 Å². The van der Waals surface area contributed by atoms with Crippen LogP contribution in [0, 0.1) is 11.7 Å². The first kappa shape index (κ1) is 9.66. The van der Waals surface area contributed by atoms with E-state index in [1.54, 1.807) is 6.07 Å². The molecule has 1 aromatic rings. The lowest BCUT2D eigenvalue weighted by Crippen LogP contribution is -2.19. The summed E-state index contributed by atoms with van der Waals surface area (Å²) in [6, 6.07) is 3.07. The maximum absolute atomic E-state index is 13.5. The maximum Gasteiger partial charge on any atom is 0.163 e. The average molecular weight is 213 g/mol. The van der Waals surface area contributed by atoms with Crippen LogP contribution in [0.5, 0.6) is 0 Å². The molecular formula is C11H10ClFO. The second-order valence-electron chi connectivity index (χ2n) is 3.82. The molecule has 0 N–H and O–H groups in total. The molecule has 3 heteroatoms. The van der Waals surface area contributed by atoms with Gasteiger partial charge in [-0.3, -0.25) is 4.79 Å². The normalized spacial score (nSPS) is 20.8. The summed E-state index contributed by atoms with van der Waals surface area (Å²) in [5.74, 6) is -0.193. The summed E-state index contributed by atoms with van der Waals surface area (Å²) in [5, 5.41) is 0.102. The predicted octanol–water partition coefficient (Wildman–Crippen LogP) is 3.24. The number of rotatable bonds is 0. The molecule has 0 aliphatic heterocycles. The molecule has 1 aliphatic rings. The molecule has 1 aromatic carbocycles. The molecule has 1 atom stereocenters. The molecule has 14 heavy (non-hydrogen) atoms. The topological polar surface area (TPSA) is 17.1 Å². The summed E-state index contributed by atoms with van der Waals surface area (Å²) in [6.45, 7) is 1.95. The first-order valence-corrected chi connectivity index (χ1v) is 4.97. The van der Waals surface area contributed by atoms with E-state index in [0.29, 0.717) is 24.0 Å². The van der Waals surface area contributed by atoms with Crippen LogP contribution >= 0.6 is 11.6 Å². The Bertz CT molecular complexity index is 401. The third-order valence-electron chi connectivity index (χ3n) is 2.58. The van der Waals surface area contributed by atoms with Crippen molar-refractivity contribution < 1.29 is 9.18 Å². The Labute approximate surface area is 86.9 Å². The Morgan fingerprint density at radius 1 is 1.43 bits per heavy atom. The van der Waals surface area contributed by atoms with Crippen LogP contribution in [0.15, 0.2) is 12.1 Å². The van der Waals surface area contributed by atoms with Crippen LogP contribution in [-0.4, -0.2) is 5.78 Å². The number of halogens is 2. The second-order valence-corrected chi connectivity index (χ2v) is 4.23. The molecule has 1 aliphatic carbocycles. The van der Waals surface area contributed by atoms with Crippen LogP contribution < -0.4 is 0 Å². The molecule has 0 aromatic heterocycles. The van der Waals surface area contributed by atoms with E-state index in [0.717, 1.165) is 0 Å². The minimum atomic E-state index is -0.427. The van der Waals surface area contributed by atoms with Gasteiger partial charge in [-0.2, -0.15) is 0 Å². The van der Waals surface area contributed by atoms with Gasteiger partial charge in [0, 0.05) is 17.5 Å². The number of Topliss-reactive ketones (excluding diaryl/α,β-unsaturated/α-hetero) is 1. The lowest BCUT2D eigenvalue weighted by Gasteiger charge is -2.20. The molecule has 0 saturated carbocycles. The van der Waals surface area contributed by atoms with Crippen LogP contribution in [0.3, 0.4) is 0 Å². The minimum absolute atomic E-state index is 0.0225. The summed E-state index contributed by atoms with van der Waals surface area (Å²) >= 11 is 5.65. The summed E-state index contributed by atoms with van der Waals surface area (Å²) in [5.41, 5.74) is 0.992. The van der Waals surface area contributed by atoms with Crippen LogP contribution in [0.1, 0.15) is 29.3 Å². The number of ketones is 1. The molecule has 0 saturated heterocycles. The highest BCUT2D eigenvalue weighted by molar-refractivity contribution is 6.31. The number of carbonyl (C=O) groups excluding carboxylic acids is 1. The van der Waals surface area contributed by atoms with Gasteiger partial charge in [0.2, 0.25) is 0 Å². The van der Waals surface area contributed by atoms with Gasteiger partial charge in [0.15, 0.2) is 5.78 Å². The smallest absolute Gasteiger partial charge is 0.163 e. The Kier molecular flexibility index (Phi) is 2.31. The van der Waals surface area contributed by atoms with Gasteiger partial charge < -0.3 is 0 Å². The van der Waals surface area contributed by atoms with Crippen molar-refractivity contribution in [3.8, 4) is 0 Å². The molecule has 0 spiro atoms. The summed E-state index contributed by atoms with van der Waals surface area (Å²) < 4.78 is 13.5. The van der Waals surface area contributed by atoms with E-state index in [-0.39, 0.29) is 16.7 Å². The van der Waals surface area contributed by atoms with Crippen LogP contribution in [0.2, 0.25) is 5.02 Å². The largest absolute Gasteiger partial charge is 0.294 e. The fourth-order valence-electron chi connectivity index (χ4n) is 1.90. The first-order chi connectivity index (χ1) is 6.59. The quantitative estimate of drug-likeness (QED) is 0.645. The van der Waals surface area contributed by atoms with Gasteiger partial charge >= 0.3 is 0 Å². The van der Waals surface area contributed by atoms with Crippen molar-refractivity contribution in [3.63, 3.8) is 0 Å². The molecule has 74 valence electrons. The van der Waals surface area contributed by atoms with Crippen molar-refractivity contribution in [2.24, 2.45) is 5.92 Å². The predicted molar refractivity (Wildman–Crippen MR) is 53.2 cm³/mol. The molecule has 0 fully saturated rings. The van der Waals surface area contributed by atoms with Gasteiger partial charge in [0.05, 0.1) is 5.02 Å². The van der Waals surface area contributed by atoms with Gasteiger partial charge in [-0.1, -0.05) is 18.5 Å². The molecule has 2 rings (SSSR count). The highest BCUT2D eigenvalue weighted by atomic mass is 35.5. The van der Waals surface area contributed by atoms with Crippen molar-refractivity contribution in [2.75, 3.05) is 0 Å². The Morgan fingerprint density at radius 2 is 2.14 bits per heavy atom. The summed E-state index contributed by atoms with van der Waals surface area (Å²) in [4.78, 5) is 11.5. The van der Waals surface area contributed by atoms with Gasteiger partial charge in [-0.25, -0.2) is 4.39 Å². The zero-order valence-corrected chi connectivity index (χ0v) is 8.57. The van der Waals surface area contributed by atoms with E-state index in [2.05, 4.69) is 0 Å². The summed E-state index contributed by atoms with van der Waals surface area (Å²) in [6.07, 6.45) is 1.11. The third kappa shape index (κ3) is 1.44. The van der Waals surface area contributed by atoms with E-state index in [9.17, 15) is 9.18 Å². The van der Waals surface area contributed by atoms with Crippen LogP contribution in [-0.2, 0) is 6.42 Å². The number of fused-ring (bicyclic) bond motifs is 1. The monoisotopic (exact) mass is 212 g/mol. The molecular weight excluding hydrogens is 203 g/mol. The molecule has 0 bridgehead atoms. The van der Waals surface area contributed by atoms with Gasteiger partial charge in [-0.15, -0.1) is 0 Å². The lowest BCUT2D eigenvalue weighted by atomic mass is 9.84. The van der Waals surface area contributed by atoms with E-state index in [1.165, 1.54) is 6.07 Å². The number of hydrogen-bond acceptors (Lipinski definition) is 1. The second kappa shape index (κ2) is 3.35.